The van der Waals surface area contributed by atoms with Crippen molar-refractivity contribution in [1.29, 1.82) is 0 Å². The maximum atomic E-state index is 11.8. The lowest BCUT2D eigenvalue weighted by atomic mass is 10.0. The SMILES string of the molecule is CC(O)CC(C)CNC(=O)C(C)NC(=O)c1ccoc1. The highest BCUT2D eigenvalue weighted by atomic mass is 16.3. The molecular formula is C14H22N2O4. The van der Waals surface area contributed by atoms with Crippen LogP contribution >= 0.6 is 0 Å². The van der Waals surface area contributed by atoms with Crippen molar-refractivity contribution in [2.24, 2.45) is 5.92 Å². The van der Waals surface area contributed by atoms with E-state index in [0.29, 0.717) is 18.5 Å². The van der Waals surface area contributed by atoms with Crippen LogP contribution in [0.5, 0.6) is 0 Å². The fourth-order valence-corrected chi connectivity index (χ4v) is 1.83. The van der Waals surface area contributed by atoms with Gasteiger partial charge in [0.2, 0.25) is 5.91 Å². The Labute approximate surface area is 118 Å². The molecule has 3 unspecified atom stereocenters. The summed E-state index contributed by atoms with van der Waals surface area (Å²) < 4.78 is 4.81. The minimum absolute atomic E-state index is 0.177. The minimum atomic E-state index is -0.629. The molecule has 1 rings (SSSR count). The van der Waals surface area contributed by atoms with E-state index in [4.69, 9.17) is 4.42 Å². The number of aliphatic hydroxyl groups is 1. The van der Waals surface area contributed by atoms with Gasteiger partial charge in [0.25, 0.3) is 5.91 Å². The van der Waals surface area contributed by atoms with E-state index in [-0.39, 0.29) is 23.8 Å². The van der Waals surface area contributed by atoms with Gasteiger partial charge in [-0.1, -0.05) is 6.92 Å². The van der Waals surface area contributed by atoms with Crippen LogP contribution < -0.4 is 10.6 Å². The molecule has 6 heteroatoms. The largest absolute Gasteiger partial charge is 0.472 e. The van der Waals surface area contributed by atoms with Gasteiger partial charge in [0.15, 0.2) is 0 Å². The lowest BCUT2D eigenvalue weighted by molar-refractivity contribution is -0.122. The van der Waals surface area contributed by atoms with Crippen LogP contribution in [0.4, 0.5) is 0 Å². The van der Waals surface area contributed by atoms with E-state index in [1.54, 1.807) is 13.8 Å². The Kier molecular flexibility index (Phi) is 6.24. The molecule has 0 spiro atoms. The van der Waals surface area contributed by atoms with Crippen molar-refractivity contribution in [2.45, 2.75) is 39.3 Å². The molecule has 1 aromatic heterocycles. The van der Waals surface area contributed by atoms with E-state index in [9.17, 15) is 14.7 Å². The summed E-state index contributed by atoms with van der Waals surface area (Å²) in [6.07, 6.45) is 2.96. The lowest BCUT2D eigenvalue weighted by Crippen LogP contribution is -2.45. The number of rotatable bonds is 7. The summed E-state index contributed by atoms with van der Waals surface area (Å²) in [5, 5.41) is 14.6. The molecule has 0 aliphatic rings. The third-order valence-corrected chi connectivity index (χ3v) is 2.89. The highest BCUT2D eigenvalue weighted by Crippen LogP contribution is 2.04. The first-order valence-electron chi connectivity index (χ1n) is 6.69. The van der Waals surface area contributed by atoms with Gasteiger partial charge < -0.3 is 20.2 Å². The van der Waals surface area contributed by atoms with Crippen molar-refractivity contribution in [3.05, 3.63) is 24.2 Å². The quantitative estimate of drug-likeness (QED) is 0.693. The van der Waals surface area contributed by atoms with Crippen LogP contribution in [0.2, 0.25) is 0 Å². The molecule has 6 nitrogen and oxygen atoms in total. The molecule has 1 heterocycles. The molecule has 0 aliphatic carbocycles. The van der Waals surface area contributed by atoms with Gasteiger partial charge in [-0.3, -0.25) is 9.59 Å². The first kappa shape index (κ1) is 16.2. The third-order valence-electron chi connectivity index (χ3n) is 2.89. The highest BCUT2D eigenvalue weighted by molar-refractivity contribution is 5.97. The first-order valence-corrected chi connectivity index (χ1v) is 6.69. The van der Waals surface area contributed by atoms with Gasteiger partial charge in [-0.05, 0) is 32.3 Å². The van der Waals surface area contributed by atoms with Crippen LogP contribution in [0, 0.1) is 5.92 Å². The summed E-state index contributed by atoms with van der Waals surface area (Å²) in [4.78, 5) is 23.5. The van der Waals surface area contributed by atoms with Crippen molar-refractivity contribution in [3.8, 4) is 0 Å². The van der Waals surface area contributed by atoms with Crippen molar-refractivity contribution in [3.63, 3.8) is 0 Å². The second-order valence-corrected chi connectivity index (χ2v) is 5.14. The highest BCUT2D eigenvalue weighted by Gasteiger charge is 2.17. The summed E-state index contributed by atoms with van der Waals surface area (Å²) in [7, 11) is 0. The Hall–Kier alpha value is -1.82. The molecule has 1 aromatic rings. The van der Waals surface area contributed by atoms with Gasteiger partial charge in [0.05, 0.1) is 17.9 Å². The van der Waals surface area contributed by atoms with Gasteiger partial charge in [-0.2, -0.15) is 0 Å². The van der Waals surface area contributed by atoms with Crippen molar-refractivity contribution in [2.75, 3.05) is 6.54 Å². The first-order chi connectivity index (χ1) is 9.40. The molecule has 0 aromatic carbocycles. The predicted molar refractivity (Wildman–Crippen MR) is 74.1 cm³/mol. The van der Waals surface area contributed by atoms with Crippen molar-refractivity contribution >= 4 is 11.8 Å². The van der Waals surface area contributed by atoms with Gasteiger partial charge in [-0.15, -0.1) is 0 Å². The molecule has 0 saturated heterocycles. The maximum absolute atomic E-state index is 11.8. The molecule has 3 N–H and O–H groups in total. The van der Waals surface area contributed by atoms with E-state index in [1.165, 1.54) is 18.6 Å². The number of hydrogen-bond donors (Lipinski definition) is 3. The van der Waals surface area contributed by atoms with Crippen LogP contribution in [0.3, 0.4) is 0 Å². The predicted octanol–water partition coefficient (Wildman–Crippen LogP) is 0.921. The average Bonchev–Trinajstić information content (AvgIpc) is 2.88. The fourth-order valence-electron chi connectivity index (χ4n) is 1.83. The van der Waals surface area contributed by atoms with Gasteiger partial charge in [0.1, 0.15) is 12.3 Å². The standard InChI is InChI=1S/C14H22N2O4/c1-9(6-10(2)17)7-15-13(18)11(3)16-14(19)12-4-5-20-8-12/h4-5,8-11,17H,6-7H2,1-3H3,(H,15,18)(H,16,19). The zero-order chi connectivity index (χ0) is 15.1. The Morgan fingerprint density at radius 3 is 2.60 bits per heavy atom. The van der Waals surface area contributed by atoms with E-state index < -0.39 is 6.04 Å². The second-order valence-electron chi connectivity index (χ2n) is 5.14. The lowest BCUT2D eigenvalue weighted by Gasteiger charge is -2.17. The number of amides is 2. The summed E-state index contributed by atoms with van der Waals surface area (Å²) in [6.45, 7) is 5.75. The van der Waals surface area contributed by atoms with Gasteiger partial charge >= 0.3 is 0 Å². The van der Waals surface area contributed by atoms with Crippen LogP contribution in [0.25, 0.3) is 0 Å². The van der Waals surface area contributed by atoms with E-state index in [0.717, 1.165) is 0 Å². The van der Waals surface area contributed by atoms with E-state index in [1.807, 2.05) is 6.92 Å². The van der Waals surface area contributed by atoms with Gasteiger partial charge in [-0.25, -0.2) is 0 Å². The molecule has 20 heavy (non-hydrogen) atoms. The normalized spacial score (nSPS) is 15.2. The van der Waals surface area contributed by atoms with Gasteiger partial charge in [0, 0.05) is 6.54 Å². The average molecular weight is 282 g/mol. The Morgan fingerprint density at radius 2 is 2.05 bits per heavy atom. The van der Waals surface area contributed by atoms with E-state index in [2.05, 4.69) is 10.6 Å². The molecule has 0 fully saturated rings. The van der Waals surface area contributed by atoms with Crippen LogP contribution in [0.15, 0.2) is 23.0 Å². The molecule has 2 amide bonds. The van der Waals surface area contributed by atoms with Crippen molar-refractivity contribution in [1.82, 2.24) is 10.6 Å². The number of nitrogens with one attached hydrogen (secondary N) is 2. The molecule has 3 atom stereocenters. The zero-order valence-corrected chi connectivity index (χ0v) is 12.1. The molecule has 0 aliphatic heterocycles. The van der Waals surface area contributed by atoms with E-state index >= 15 is 0 Å². The molecular weight excluding hydrogens is 260 g/mol. The fraction of sp³-hybridized carbons (Fsp3) is 0.571. The number of furan rings is 1. The van der Waals surface area contributed by atoms with Crippen LogP contribution in [-0.2, 0) is 4.79 Å². The number of aliphatic hydroxyl groups excluding tert-OH is 1. The summed E-state index contributed by atoms with van der Waals surface area (Å²) in [5.74, 6) is -0.423. The Balaban J connectivity index is 2.34. The zero-order valence-electron chi connectivity index (χ0n) is 12.1. The van der Waals surface area contributed by atoms with Crippen molar-refractivity contribution < 1.29 is 19.1 Å². The summed E-state index contributed by atoms with van der Waals surface area (Å²) >= 11 is 0. The molecule has 0 bridgehead atoms. The minimum Gasteiger partial charge on any atom is -0.472 e. The summed E-state index contributed by atoms with van der Waals surface area (Å²) in [6, 6.07) is 0.904. The number of hydrogen-bond acceptors (Lipinski definition) is 4. The molecule has 112 valence electrons. The number of carbonyl (C=O) groups excluding carboxylic acids is 2. The van der Waals surface area contributed by atoms with Crippen LogP contribution in [0.1, 0.15) is 37.6 Å². The Morgan fingerprint density at radius 1 is 1.35 bits per heavy atom. The monoisotopic (exact) mass is 282 g/mol. The van der Waals surface area contributed by atoms with Crippen LogP contribution in [-0.4, -0.2) is 35.6 Å². The second kappa shape index (κ2) is 7.69. The topological polar surface area (TPSA) is 91.6 Å². The smallest absolute Gasteiger partial charge is 0.255 e. The number of carbonyl (C=O) groups is 2. The Bertz CT molecular complexity index is 428. The third kappa shape index (κ3) is 5.44. The summed E-state index contributed by atoms with van der Waals surface area (Å²) in [5.41, 5.74) is 0.382. The molecule has 0 radical (unpaired) electrons. The maximum Gasteiger partial charge on any atom is 0.255 e. The molecule has 0 saturated carbocycles.